The number of methoxy groups -OCH3 is 1. The standard InChI is InChI=1S/C23H23ClN2O3S/c1-15(20-14-30-16(2)26-20)25-23(27)11-7-17-6-10-21(22(12-17)28-3)29-13-18-4-8-19(24)9-5-18/h4-12,14-15H,13H2,1-3H3,(H,25,27)/b11-7+. The van der Waals surface area contributed by atoms with Crippen molar-refractivity contribution in [2.45, 2.75) is 26.5 Å². The number of ether oxygens (including phenoxy) is 2. The zero-order valence-corrected chi connectivity index (χ0v) is 18.6. The Kier molecular flexibility index (Phi) is 7.49. The predicted octanol–water partition coefficient (Wildman–Crippen LogP) is 5.58. The van der Waals surface area contributed by atoms with E-state index in [-0.39, 0.29) is 11.9 Å². The number of aryl methyl sites for hydroxylation is 1. The fourth-order valence-electron chi connectivity index (χ4n) is 2.74. The van der Waals surface area contributed by atoms with E-state index in [1.807, 2.05) is 61.7 Å². The maximum absolute atomic E-state index is 12.2. The number of hydrogen-bond acceptors (Lipinski definition) is 5. The molecule has 0 aliphatic rings. The quantitative estimate of drug-likeness (QED) is 0.462. The van der Waals surface area contributed by atoms with Crippen molar-refractivity contribution in [3.8, 4) is 11.5 Å². The molecule has 1 atom stereocenters. The van der Waals surface area contributed by atoms with Crippen molar-refractivity contribution >= 4 is 34.9 Å². The van der Waals surface area contributed by atoms with Crippen LogP contribution in [0.4, 0.5) is 0 Å². The second kappa shape index (κ2) is 10.3. The number of aromatic nitrogens is 1. The summed E-state index contributed by atoms with van der Waals surface area (Å²) in [5.41, 5.74) is 2.70. The van der Waals surface area contributed by atoms with Crippen molar-refractivity contribution in [2.24, 2.45) is 0 Å². The maximum atomic E-state index is 12.2. The van der Waals surface area contributed by atoms with Crippen LogP contribution in [-0.4, -0.2) is 18.0 Å². The van der Waals surface area contributed by atoms with E-state index < -0.39 is 0 Å². The first kappa shape index (κ1) is 21.9. The largest absolute Gasteiger partial charge is 0.493 e. The van der Waals surface area contributed by atoms with Gasteiger partial charge in [0.25, 0.3) is 0 Å². The second-order valence-corrected chi connectivity index (χ2v) is 8.18. The van der Waals surface area contributed by atoms with Gasteiger partial charge >= 0.3 is 0 Å². The lowest BCUT2D eigenvalue weighted by molar-refractivity contribution is -0.117. The highest BCUT2D eigenvalue weighted by Crippen LogP contribution is 2.29. The molecule has 1 N–H and O–H groups in total. The first-order valence-corrected chi connectivity index (χ1v) is 10.7. The van der Waals surface area contributed by atoms with Crippen molar-refractivity contribution in [1.82, 2.24) is 10.3 Å². The minimum atomic E-state index is -0.185. The number of nitrogens with one attached hydrogen (secondary N) is 1. The third-order valence-corrected chi connectivity index (χ3v) is 5.41. The van der Waals surface area contributed by atoms with E-state index in [4.69, 9.17) is 21.1 Å². The van der Waals surface area contributed by atoms with E-state index in [1.54, 1.807) is 24.5 Å². The number of thiazole rings is 1. The topological polar surface area (TPSA) is 60.5 Å². The van der Waals surface area contributed by atoms with Gasteiger partial charge in [0.1, 0.15) is 6.61 Å². The van der Waals surface area contributed by atoms with Crippen LogP contribution in [-0.2, 0) is 11.4 Å². The fourth-order valence-corrected chi connectivity index (χ4v) is 3.57. The summed E-state index contributed by atoms with van der Waals surface area (Å²) in [5, 5.41) is 6.54. The molecule has 2 aromatic carbocycles. The molecule has 0 aliphatic carbocycles. The number of halogens is 1. The summed E-state index contributed by atoms with van der Waals surface area (Å²) in [6, 6.07) is 12.9. The average molecular weight is 443 g/mol. The molecular weight excluding hydrogens is 420 g/mol. The van der Waals surface area contributed by atoms with Crippen LogP contribution in [0.15, 0.2) is 53.9 Å². The molecule has 0 saturated heterocycles. The minimum Gasteiger partial charge on any atom is -0.493 e. The van der Waals surface area contributed by atoms with Crippen LogP contribution >= 0.6 is 22.9 Å². The Morgan fingerprint density at radius 2 is 2.00 bits per heavy atom. The summed E-state index contributed by atoms with van der Waals surface area (Å²) in [5.74, 6) is 1.04. The number of nitrogens with zero attached hydrogens (tertiary/aromatic N) is 1. The lowest BCUT2D eigenvalue weighted by Gasteiger charge is -2.12. The lowest BCUT2D eigenvalue weighted by Crippen LogP contribution is -2.24. The summed E-state index contributed by atoms with van der Waals surface area (Å²) < 4.78 is 11.3. The molecule has 0 spiro atoms. The van der Waals surface area contributed by atoms with E-state index >= 15 is 0 Å². The molecule has 1 amide bonds. The lowest BCUT2D eigenvalue weighted by atomic mass is 10.1. The van der Waals surface area contributed by atoms with Crippen molar-refractivity contribution in [2.75, 3.05) is 7.11 Å². The van der Waals surface area contributed by atoms with Gasteiger partial charge < -0.3 is 14.8 Å². The molecule has 0 aliphatic heterocycles. The van der Waals surface area contributed by atoms with Gasteiger partial charge in [-0.2, -0.15) is 0 Å². The third kappa shape index (κ3) is 6.08. The molecule has 30 heavy (non-hydrogen) atoms. The molecule has 0 fully saturated rings. The van der Waals surface area contributed by atoms with Crippen molar-refractivity contribution in [3.63, 3.8) is 0 Å². The van der Waals surface area contributed by atoms with Crippen LogP contribution < -0.4 is 14.8 Å². The average Bonchev–Trinajstić information content (AvgIpc) is 3.18. The Hall–Kier alpha value is -2.83. The van der Waals surface area contributed by atoms with Gasteiger partial charge in [0.05, 0.1) is 23.9 Å². The first-order chi connectivity index (χ1) is 14.4. The second-order valence-electron chi connectivity index (χ2n) is 6.68. The number of amides is 1. The third-order valence-electron chi connectivity index (χ3n) is 4.36. The van der Waals surface area contributed by atoms with Crippen molar-refractivity contribution < 1.29 is 14.3 Å². The summed E-state index contributed by atoms with van der Waals surface area (Å²) in [6.45, 7) is 4.26. The molecule has 3 aromatic rings. The molecule has 0 bridgehead atoms. The number of carbonyl (C=O) groups is 1. The molecule has 5 nitrogen and oxygen atoms in total. The summed E-state index contributed by atoms with van der Waals surface area (Å²) in [6.07, 6.45) is 3.23. The number of hydrogen-bond donors (Lipinski definition) is 1. The Balaban J connectivity index is 1.60. The molecular formula is C23H23ClN2O3S. The van der Waals surface area contributed by atoms with E-state index in [0.29, 0.717) is 23.1 Å². The molecule has 156 valence electrons. The molecule has 0 saturated carbocycles. The Morgan fingerprint density at radius 3 is 2.67 bits per heavy atom. The molecule has 3 rings (SSSR count). The predicted molar refractivity (Wildman–Crippen MR) is 121 cm³/mol. The summed E-state index contributed by atoms with van der Waals surface area (Å²) >= 11 is 7.47. The van der Waals surface area contributed by atoms with E-state index in [9.17, 15) is 4.79 Å². The van der Waals surface area contributed by atoms with Crippen LogP contribution in [0.1, 0.15) is 34.8 Å². The molecule has 1 unspecified atom stereocenters. The normalized spacial score (nSPS) is 12.0. The first-order valence-electron chi connectivity index (χ1n) is 9.40. The van der Waals surface area contributed by atoms with Crippen LogP contribution in [0.2, 0.25) is 5.02 Å². The molecule has 7 heteroatoms. The van der Waals surface area contributed by atoms with Gasteiger partial charge in [0, 0.05) is 16.5 Å². The Morgan fingerprint density at radius 1 is 1.23 bits per heavy atom. The van der Waals surface area contributed by atoms with Gasteiger partial charge in [0.2, 0.25) is 5.91 Å². The van der Waals surface area contributed by atoms with Gasteiger partial charge in [-0.1, -0.05) is 29.8 Å². The zero-order valence-electron chi connectivity index (χ0n) is 17.0. The van der Waals surface area contributed by atoms with Crippen LogP contribution in [0.3, 0.4) is 0 Å². The van der Waals surface area contributed by atoms with E-state index in [1.165, 1.54) is 6.08 Å². The van der Waals surface area contributed by atoms with Gasteiger partial charge in [-0.05, 0) is 55.3 Å². The summed E-state index contributed by atoms with van der Waals surface area (Å²) in [7, 11) is 1.59. The molecule has 1 heterocycles. The van der Waals surface area contributed by atoms with Crippen LogP contribution in [0.5, 0.6) is 11.5 Å². The SMILES string of the molecule is COc1cc(/C=C/C(=O)NC(C)c2csc(C)n2)ccc1OCc1ccc(Cl)cc1. The van der Waals surface area contributed by atoms with Crippen LogP contribution in [0, 0.1) is 6.92 Å². The molecule has 0 radical (unpaired) electrons. The highest BCUT2D eigenvalue weighted by molar-refractivity contribution is 7.09. The van der Waals surface area contributed by atoms with Crippen molar-refractivity contribution in [3.05, 3.63) is 80.8 Å². The van der Waals surface area contributed by atoms with Gasteiger partial charge in [-0.3, -0.25) is 4.79 Å². The highest BCUT2D eigenvalue weighted by Gasteiger charge is 2.11. The number of carbonyl (C=O) groups excluding carboxylic acids is 1. The molecule has 1 aromatic heterocycles. The number of rotatable bonds is 8. The van der Waals surface area contributed by atoms with E-state index in [2.05, 4.69) is 10.3 Å². The Labute approximate surface area is 185 Å². The van der Waals surface area contributed by atoms with Crippen molar-refractivity contribution in [1.29, 1.82) is 0 Å². The van der Waals surface area contributed by atoms with Gasteiger partial charge in [-0.15, -0.1) is 11.3 Å². The van der Waals surface area contributed by atoms with Gasteiger partial charge in [0.15, 0.2) is 11.5 Å². The van der Waals surface area contributed by atoms with Crippen LogP contribution in [0.25, 0.3) is 6.08 Å². The smallest absolute Gasteiger partial charge is 0.244 e. The highest BCUT2D eigenvalue weighted by atomic mass is 35.5. The fraction of sp³-hybridized carbons (Fsp3) is 0.217. The Bertz CT molecular complexity index is 1030. The zero-order chi connectivity index (χ0) is 21.5. The maximum Gasteiger partial charge on any atom is 0.244 e. The van der Waals surface area contributed by atoms with Gasteiger partial charge in [-0.25, -0.2) is 4.98 Å². The monoisotopic (exact) mass is 442 g/mol. The van der Waals surface area contributed by atoms with E-state index in [0.717, 1.165) is 21.8 Å². The minimum absolute atomic E-state index is 0.148. The number of benzene rings is 2. The summed E-state index contributed by atoms with van der Waals surface area (Å²) in [4.78, 5) is 16.6.